The predicted octanol–water partition coefficient (Wildman–Crippen LogP) is 3.74. The highest BCUT2D eigenvalue weighted by Gasteiger charge is 2.11. The van der Waals surface area contributed by atoms with Crippen LogP contribution in [0.4, 0.5) is 0 Å². The second-order valence-electron chi connectivity index (χ2n) is 5.42. The Morgan fingerprint density at radius 3 is 2.52 bits per heavy atom. The second kappa shape index (κ2) is 6.53. The molecule has 0 radical (unpaired) electrons. The number of rotatable bonds is 5. The van der Waals surface area contributed by atoms with Gasteiger partial charge in [-0.25, -0.2) is 0 Å². The van der Waals surface area contributed by atoms with E-state index in [1.165, 1.54) is 5.56 Å². The minimum absolute atomic E-state index is 0.198. The largest absolute Gasteiger partial charge is 0.308 e. The lowest BCUT2D eigenvalue weighted by Gasteiger charge is -2.15. The van der Waals surface area contributed by atoms with Gasteiger partial charge in [-0.05, 0) is 38.0 Å². The van der Waals surface area contributed by atoms with Gasteiger partial charge < -0.3 is 4.57 Å². The average Bonchev–Trinajstić information content (AvgIpc) is 2.46. The molecular weight excluding hydrogens is 262 g/mol. The smallest absolute Gasteiger partial charge is 0.261 e. The first kappa shape index (κ1) is 15.2. The zero-order valence-electron chi connectivity index (χ0n) is 12.8. The molecule has 2 rings (SSSR count). The van der Waals surface area contributed by atoms with Gasteiger partial charge in [0.25, 0.3) is 5.56 Å². The zero-order chi connectivity index (χ0) is 15.4. The van der Waals surface area contributed by atoms with Crippen molar-refractivity contribution in [2.45, 2.75) is 40.2 Å². The minimum atomic E-state index is -0.198. The summed E-state index contributed by atoms with van der Waals surface area (Å²) in [6.07, 6.45) is 2.56. The molecule has 3 heteroatoms. The van der Waals surface area contributed by atoms with E-state index in [1.54, 1.807) is 10.6 Å². The molecule has 3 nitrogen and oxygen atoms in total. The predicted molar refractivity (Wildman–Crippen MR) is 85.9 cm³/mol. The number of pyridine rings is 1. The first-order valence-corrected chi connectivity index (χ1v) is 7.35. The van der Waals surface area contributed by atoms with Gasteiger partial charge in [-0.1, -0.05) is 37.1 Å². The number of hydrogen-bond acceptors (Lipinski definition) is 2. The SMILES string of the molecule is CCCCn1c(-c2ccc(C)cc2C)ccc(C=O)c1=O. The van der Waals surface area contributed by atoms with E-state index in [9.17, 15) is 9.59 Å². The number of carbonyl (C=O) groups excluding carboxylic acids is 1. The zero-order valence-corrected chi connectivity index (χ0v) is 12.8. The summed E-state index contributed by atoms with van der Waals surface area (Å²) < 4.78 is 1.73. The summed E-state index contributed by atoms with van der Waals surface area (Å²) >= 11 is 0. The molecule has 1 heterocycles. The van der Waals surface area contributed by atoms with Crippen LogP contribution in [0, 0.1) is 13.8 Å². The summed E-state index contributed by atoms with van der Waals surface area (Å²) in [5, 5.41) is 0. The molecule has 110 valence electrons. The highest BCUT2D eigenvalue weighted by atomic mass is 16.1. The quantitative estimate of drug-likeness (QED) is 0.784. The van der Waals surface area contributed by atoms with Gasteiger partial charge in [0.2, 0.25) is 0 Å². The fourth-order valence-electron chi connectivity index (χ4n) is 2.56. The summed E-state index contributed by atoms with van der Waals surface area (Å²) in [5.74, 6) is 0. The van der Waals surface area contributed by atoms with Crippen LogP contribution in [0.25, 0.3) is 11.3 Å². The lowest BCUT2D eigenvalue weighted by atomic mass is 10.0. The molecule has 0 fully saturated rings. The van der Waals surface area contributed by atoms with Gasteiger partial charge in [-0.2, -0.15) is 0 Å². The highest BCUT2D eigenvalue weighted by Crippen LogP contribution is 2.23. The molecule has 0 unspecified atom stereocenters. The topological polar surface area (TPSA) is 39.1 Å². The van der Waals surface area contributed by atoms with Crippen molar-refractivity contribution in [1.29, 1.82) is 0 Å². The maximum atomic E-state index is 12.4. The summed E-state index contributed by atoms with van der Waals surface area (Å²) in [6, 6.07) is 9.69. The van der Waals surface area contributed by atoms with Crippen LogP contribution in [-0.2, 0) is 6.54 Å². The molecule has 21 heavy (non-hydrogen) atoms. The maximum Gasteiger partial charge on any atom is 0.261 e. The fraction of sp³-hybridized carbons (Fsp3) is 0.333. The van der Waals surface area contributed by atoms with Crippen molar-refractivity contribution in [1.82, 2.24) is 4.57 Å². The molecule has 0 aliphatic rings. The van der Waals surface area contributed by atoms with Gasteiger partial charge in [-0.15, -0.1) is 0 Å². The Hall–Kier alpha value is -2.16. The third-order valence-electron chi connectivity index (χ3n) is 3.72. The number of aldehydes is 1. The van der Waals surface area contributed by atoms with Gasteiger partial charge in [0, 0.05) is 12.1 Å². The van der Waals surface area contributed by atoms with Gasteiger partial charge in [0.05, 0.1) is 11.3 Å². The maximum absolute atomic E-state index is 12.4. The van der Waals surface area contributed by atoms with E-state index < -0.39 is 0 Å². The van der Waals surface area contributed by atoms with Crippen molar-refractivity contribution in [2.24, 2.45) is 0 Å². The lowest BCUT2D eigenvalue weighted by molar-refractivity contribution is 0.112. The normalized spacial score (nSPS) is 10.6. The monoisotopic (exact) mass is 283 g/mol. The molecule has 0 saturated heterocycles. The number of hydrogen-bond donors (Lipinski definition) is 0. The van der Waals surface area contributed by atoms with Gasteiger partial charge >= 0.3 is 0 Å². The number of aromatic nitrogens is 1. The van der Waals surface area contributed by atoms with Crippen molar-refractivity contribution in [3.05, 3.63) is 57.4 Å². The number of unbranched alkanes of at least 4 members (excludes halogenated alkanes) is 1. The van der Waals surface area contributed by atoms with Crippen molar-refractivity contribution in [2.75, 3.05) is 0 Å². The molecule has 0 bridgehead atoms. The first-order valence-electron chi connectivity index (χ1n) is 7.35. The van der Waals surface area contributed by atoms with Crippen LogP contribution in [-0.4, -0.2) is 10.9 Å². The molecule has 0 saturated carbocycles. The van der Waals surface area contributed by atoms with Crippen LogP contribution in [0.5, 0.6) is 0 Å². The third kappa shape index (κ3) is 3.13. The molecule has 0 spiro atoms. The Morgan fingerprint density at radius 1 is 1.14 bits per heavy atom. The van der Waals surface area contributed by atoms with Crippen molar-refractivity contribution in [3.63, 3.8) is 0 Å². The van der Waals surface area contributed by atoms with Crippen LogP contribution in [0.1, 0.15) is 41.3 Å². The van der Waals surface area contributed by atoms with E-state index in [1.807, 2.05) is 25.1 Å². The number of benzene rings is 1. The first-order chi connectivity index (χ1) is 10.1. The van der Waals surface area contributed by atoms with Crippen molar-refractivity contribution >= 4 is 6.29 Å². The number of aryl methyl sites for hydroxylation is 2. The number of nitrogens with zero attached hydrogens (tertiary/aromatic N) is 1. The van der Waals surface area contributed by atoms with E-state index in [0.29, 0.717) is 12.8 Å². The average molecular weight is 283 g/mol. The lowest BCUT2D eigenvalue weighted by Crippen LogP contribution is -2.25. The molecule has 0 atom stereocenters. The molecule has 0 aliphatic carbocycles. The summed E-state index contributed by atoms with van der Waals surface area (Å²) in [4.78, 5) is 23.4. The molecular formula is C18H21NO2. The summed E-state index contributed by atoms with van der Waals surface area (Å²) in [5.41, 5.74) is 4.29. The minimum Gasteiger partial charge on any atom is -0.308 e. The van der Waals surface area contributed by atoms with Crippen molar-refractivity contribution < 1.29 is 4.79 Å². The second-order valence-corrected chi connectivity index (χ2v) is 5.42. The van der Waals surface area contributed by atoms with Crippen LogP contribution in [0.15, 0.2) is 35.1 Å². The van der Waals surface area contributed by atoms with Crippen molar-refractivity contribution in [3.8, 4) is 11.3 Å². The Morgan fingerprint density at radius 2 is 1.90 bits per heavy atom. The van der Waals surface area contributed by atoms with E-state index in [2.05, 4.69) is 19.9 Å². The summed E-state index contributed by atoms with van der Waals surface area (Å²) in [7, 11) is 0. The van der Waals surface area contributed by atoms with Gasteiger partial charge in [0.1, 0.15) is 0 Å². The molecule has 0 N–H and O–H groups in total. The third-order valence-corrected chi connectivity index (χ3v) is 3.72. The van der Waals surface area contributed by atoms with E-state index in [0.717, 1.165) is 29.7 Å². The fourth-order valence-corrected chi connectivity index (χ4v) is 2.56. The Labute approximate surface area is 125 Å². The highest BCUT2D eigenvalue weighted by molar-refractivity contribution is 5.75. The number of carbonyl (C=O) groups is 1. The Balaban J connectivity index is 2.64. The standard InChI is InChI=1S/C18H21NO2/c1-4-5-10-19-17(9-7-15(12-20)18(19)21)16-8-6-13(2)11-14(16)3/h6-9,11-12H,4-5,10H2,1-3H3. The van der Waals surface area contributed by atoms with E-state index in [4.69, 9.17) is 0 Å². The van der Waals surface area contributed by atoms with Gasteiger partial charge in [-0.3, -0.25) is 9.59 Å². The van der Waals surface area contributed by atoms with Crippen LogP contribution in [0.3, 0.4) is 0 Å². The van der Waals surface area contributed by atoms with E-state index in [-0.39, 0.29) is 11.1 Å². The van der Waals surface area contributed by atoms with Crippen LogP contribution >= 0.6 is 0 Å². The molecule has 0 amide bonds. The van der Waals surface area contributed by atoms with Crippen LogP contribution in [0.2, 0.25) is 0 Å². The summed E-state index contributed by atoms with van der Waals surface area (Å²) in [6.45, 7) is 6.83. The Bertz CT molecular complexity index is 714. The Kier molecular flexibility index (Phi) is 4.73. The van der Waals surface area contributed by atoms with Crippen LogP contribution < -0.4 is 5.56 Å². The molecule has 1 aromatic heterocycles. The molecule has 1 aromatic carbocycles. The molecule has 2 aromatic rings. The molecule has 0 aliphatic heterocycles. The van der Waals surface area contributed by atoms with E-state index >= 15 is 0 Å². The van der Waals surface area contributed by atoms with Gasteiger partial charge in [0.15, 0.2) is 6.29 Å².